The van der Waals surface area contributed by atoms with Gasteiger partial charge in [-0.05, 0) is 48.5 Å². The zero-order valence-electron chi connectivity index (χ0n) is 20.0. The summed E-state index contributed by atoms with van der Waals surface area (Å²) in [5.74, 6) is 0.405. The molecule has 0 saturated carbocycles. The second-order valence-corrected chi connectivity index (χ2v) is 9.62. The highest BCUT2D eigenvalue weighted by atomic mass is 35.5. The van der Waals surface area contributed by atoms with Crippen molar-refractivity contribution in [3.63, 3.8) is 0 Å². The number of benzene rings is 3. The highest BCUT2D eigenvalue weighted by Gasteiger charge is 2.13. The van der Waals surface area contributed by atoms with Gasteiger partial charge >= 0.3 is 0 Å². The highest BCUT2D eigenvalue weighted by Crippen LogP contribution is 2.24. The van der Waals surface area contributed by atoms with E-state index in [1.54, 1.807) is 55.6 Å². The van der Waals surface area contributed by atoms with Crippen LogP contribution >= 0.6 is 34.5 Å². The number of nitrogens with zero attached hydrogens (tertiary/aromatic N) is 3. The van der Waals surface area contributed by atoms with Gasteiger partial charge in [0.05, 0.1) is 19.7 Å². The molecule has 0 spiro atoms. The molecule has 0 unspecified atom stereocenters. The van der Waals surface area contributed by atoms with Gasteiger partial charge < -0.3 is 9.47 Å². The van der Waals surface area contributed by atoms with E-state index in [-0.39, 0.29) is 24.1 Å². The van der Waals surface area contributed by atoms with Crippen LogP contribution in [0.5, 0.6) is 11.5 Å². The fraction of sp³-hybridized carbons (Fsp3) is 0.115. The number of rotatable bonds is 10. The van der Waals surface area contributed by atoms with Gasteiger partial charge in [-0.2, -0.15) is 5.10 Å². The molecule has 0 saturated heterocycles. The van der Waals surface area contributed by atoms with Crippen molar-refractivity contribution < 1.29 is 19.1 Å². The molecule has 0 aliphatic carbocycles. The molecule has 4 aromatic rings. The first kappa shape index (κ1) is 27.1. The Kier molecular flexibility index (Phi) is 9.26. The van der Waals surface area contributed by atoms with Gasteiger partial charge in [-0.1, -0.05) is 52.7 Å². The maximum Gasteiger partial charge on any atom is 0.257 e. The molecule has 0 aliphatic heterocycles. The first-order chi connectivity index (χ1) is 18.4. The number of carbonyl (C=O) groups excluding carboxylic acids is 2. The molecule has 38 heavy (non-hydrogen) atoms. The monoisotopic (exact) mass is 569 g/mol. The second kappa shape index (κ2) is 13.0. The summed E-state index contributed by atoms with van der Waals surface area (Å²) < 4.78 is 11.0. The number of nitrogens with one attached hydrogen (secondary N) is 2. The lowest BCUT2D eigenvalue weighted by atomic mass is 10.2. The van der Waals surface area contributed by atoms with Crippen LogP contribution in [0, 0.1) is 0 Å². The van der Waals surface area contributed by atoms with Crippen molar-refractivity contribution in [3.8, 4) is 11.5 Å². The van der Waals surface area contributed by atoms with Gasteiger partial charge in [-0.3, -0.25) is 14.9 Å². The Hall–Kier alpha value is -3.99. The summed E-state index contributed by atoms with van der Waals surface area (Å²) in [5, 5.41) is 16.3. The average Bonchev–Trinajstić information content (AvgIpc) is 3.35. The van der Waals surface area contributed by atoms with Crippen LogP contribution in [-0.4, -0.2) is 35.3 Å². The third-order valence-electron chi connectivity index (χ3n) is 5.06. The van der Waals surface area contributed by atoms with Crippen molar-refractivity contribution >= 4 is 57.7 Å². The van der Waals surface area contributed by atoms with Gasteiger partial charge in [-0.15, -0.1) is 10.2 Å². The van der Waals surface area contributed by atoms with E-state index >= 15 is 0 Å². The Bertz CT molecular complexity index is 1460. The molecule has 2 amide bonds. The minimum absolute atomic E-state index is 0.0706. The Morgan fingerprint density at radius 1 is 1.05 bits per heavy atom. The van der Waals surface area contributed by atoms with Gasteiger partial charge in [0.25, 0.3) is 5.91 Å². The van der Waals surface area contributed by atoms with Crippen LogP contribution in [0.3, 0.4) is 0 Å². The molecule has 194 valence electrons. The molecule has 1 heterocycles. The molecule has 0 aliphatic rings. The minimum Gasteiger partial charge on any atom is -0.497 e. The van der Waals surface area contributed by atoms with Crippen LogP contribution in [0.4, 0.5) is 5.13 Å². The third-order valence-corrected chi connectivity index (χ3v) is 6.50. The number of hydrogen-bond acceptors (Lipinski definition) is 8. The van der Waals surface area contributed by atoms with E-state index in [1.165, 1.54) is 6.21 Å². The molecule has 2 N–H and O–H groups in total. The van der Waals surface area contributed by atoms with E-state index in [9.17, 15) is 9.59 Å². The fourth-order valence-electron chi connectivity index (χ4n) is 3.16. The molecule has 0 bridgehead atoms. The number of hydrogen-bond donors (Lipinski definition) is 2. The molecule has 0 radical (unpaired) electrons. The number of amides is 2. The highest BCUT2D eigenvalue weighted by molar-refractivity contribution is 7.15. The van der Waals surface area contributed by atoms with Gasteiger partial charge in [0.1, 0.15) is 23.1 Å². The standard InChI is InChI=1S/C26H21Cl2N5O4S/c1-36-20-9-6-16(7-10-20)25(35)30-26-33-32-24(38-26)13-23(34)31-29-14-18-12-19(27)8-11-22(18)37-15-17-4-2-3-5-21(17)28/h2-12,14H,13,15H2,1H3,(H,31,34)(H,30,33,35). The molecule has 0 fully saturated rings. The van der Waals surface area contributed by atoms with E-state index in [2.05, 4.69) is 26.0 Å². The van der Waals surface area contributed by atoms with Gasteiger partial charge in [-0.25, -0.2) is 5.43 Å². The predicted molar refractivity (Wildman–Crippen MR) is 148 cm³/mol. The number of methoxy groups -OCH3 is 1. The number of anilines is 1. The van der Waals surface area contributed by atoms with Crippen molar-refractivity contribution in [2.45, 2.75) is 13.0 Å². The van der Waals surface area contributed by atoms with E-state index < -0.39 is 5.91 Å². The summed E-state index contributed by atoms with van der Waals surface area (Å²) in [5.41, 5.74) is 4.29. The molecule has 0 atom stereocenters. The van der Waals surface area contributed by atoms with E-state index in [0.29, 0.717) is 37.7 Å². The Labute approximate surface area is 232 Å². The number of carbonyl (C=O) groups is 2. The zero-order valence-corrected chi connectivity index (χ0v) is 22.3. The third kappa shape index (κ3) is 7.51. The van der Waals surface area contributed by atoms with Crippen LogP contribution in [0.2, 0.25) is 10.0 Å². The smallest absolute Gasteiger partial charge is 0.257 e. The summed E-state index contributed by atoms with van der Waals surface area (Å²) in [7, 11) is 1.55. The number of hydrazone groups is 1. The number of halogens is 2. The van der Waals surface area contributed by atoms with Crippen LogP contribution in [0.1, 0.15) is 26.5 Å². The predicted octanol–water partition coefficient (Wildman–Crippen LogP) is 5.38. The van der Waals surface area contributed by atoms with Gasteiger partial charge in [0.15, 0.2) is 0 Å². The fourth-order valence-corrected chi connectivity index (χ4v) is 4.26. The first-order valence-electron chi connectivity index (χ1n) is 11.2. The molecular formula is C26H21Cl2N5O4S. The lowest BCUT2D eigenvalue weighted by molar-refractivity contribution is -0.120. The molecule has 12 heteroatoms. The topological polar surface area (TPSA) is 115 Å². The van der Waals surface area contributed by atoms with E-state index in [1.807, 2.05) is 18.2 Å². The molecule has 9 nitrogen and oxygen atoms in total. The van der Waals surface area contributed by atoms with Crippen molar-refractivity contribution in [2.24, 2.45) is 5.10 Å². The van der Waals surface area contributed by atoms with Crippen molar-refractivity contribution in [1.82, 2.24) is 15.6 Å². The van der Waals surface area contributed by atoms with E-state index in [0.717, 1.165) is 16.9 Å². The number of aromatic nitrogens is 2. The van der Waals surface area contributed by atoms with Gasteiger partial charge in [0.2, 0.25) is 11.0 Å². The molecule has 1 aromatic heterocycles. The molecular weight excluding hydrogens is 549 g/mol. The summed E-state index contributed by atoms with van der Waals surface area (Å²) in [4.78, 5) is 24.7. The van der Waals surface area contributed by atoms with Crippen LogP contribution in [0.15, 0.2) is 71.8 Å². The normalized spacial score (nSPS) is 10.8. The minimum atomic E-state index is -0.411. The lowest BCUT2D eigenvalue weighted by Gasteiger charge is -2.10. The zero-order chi connectivity index (χ0) is 26.9. The quantitative estimate of drug-likeness (QED) is 0.196. The summed E-state index contributed by atoms with van der Waals surface area (Å²) in [6, 6.07) is 19.1. The first-order valence-corrected chi connectivity index (χ1v) is 12.7. The largest absolute Gasteiger partial charge is 0.497 e. The second-order valence-electron chi connectivity index (χ2n) is 7.72. The SMILES string of the molecule is COc1ccc(C(=O)Nc2nnc(CC(=O)NN=Cc3cc(Cl)ccc3OCc3ccccc3Cl)s2)cc1. The Morgan fingerprint density at radius 3 is 2.61 bits per heavy atom. The van der Waals surface area contributed by atoms with Crippen molar-refractivity contribution in [1.29, 1.82) is 0 Å². The molecule has 4 rings (SSSR count). The maximum atomic E-state index is 12.4. The average molecular weight is 570 g/mol. The van der Waals surface area contributed by atoms with Crippen molar-refractivity contribution in [2.75, 3.05) is 12.4 Å². The summed E-state index contributed by atoms with van der Waals surface area (Å²) >= 11 is 13.4. The van der Waals surface area contributed by atoms with Gasteiger partial charge in [0, 0.05) is 26.7 Å². The maximum absolute atomic E-state index is 12.4. The molecule has 3 aromatic carbocycles. The van der Waals surface area contributed by atoms with Crippen LogP contribution in [-0.2, 0) is 17.8 Å². The Balaban J connectivity index is 1.31. The van der Waals surface area contributed by atoms with E-state index in [4.69, 9.17) is 32.7 Å². The summed E-state index contributed by atoms with van der Waals surface area (Å²) in [6.45, 7) is 0.253. The van der Waals surface area contributed by atoms with Crippen LogP contribution in [0.25, 0.3) is 0 Å². The Morgan fingerprint density at radius 2 is 1.84 bits per heavy atom. The lowest BCUT2D eigenvalue weighted by Crippen LogP contribution is -2.19. The number of ether oxygens (including phenoxy) is 2. The van der Waals surface area contributed by atoms with Crippen molar-refractivity contribution in [3.05, 3.63) is 98.5 Å². The summed E-state index contributed by atoms with van der Waals surface area (Å²) in [6.07, 6.45) is 1.37. The van der Waals surface area contributed by atoms with Crippen LogP contribution < -0.4 is 20.2 Å².